The van der Waals surface area contributed by atoms with Crippen molar-refractivity contribution in [3.05, 3.63) is 30.1 Å². The van der Waals surface area contributed by atoms with E-state index in [0.29, 0.717) is 0 Å². The fraction of sp³-hybridized carbons (Fsp3) is 0.545. The molecule has 0 spiro atoms. The first kappa shape index (κ1) is 11.1. The lowest BCUT2D eigenvalue weighted by Crippen LogP contribution is -2.31. The Hall–Kier alpha value is -0.930. The van der Waals surface area contributed by atoms with Gasteiger partial charge < -0.3 is 0 Å². The second kappa shape index (κ2) is 4.53. The summed E-state index contributed by atoms with van der Waals surface area (Å²) in [6.45, 7) is 8.04. The van der Waals surface area contributed by atoms with E-state index in [1.54, 1.807) is 6.20 Å². The number of pyridine rings is 1. The van der Waals surface area contributed by atoms with Gasteiger partial charge in [0.05, 0.1) is 17.3 Å². The Morgan fingerprint density at radius 1 is 1.36 bits per heavy atom. The second-order valence-corrected chi connectivity index (χ2v) is 4.31. The molecule has 3 heteroatoms. The minimum atomic E-state index is -0.178. The van der Waals surface area contributed by atoms with Crippen LogP contribution in [0, 0.1) is 0 Å². The minimum Gasteiger partial charge on any atom is -0.295 e. The third kappa shape index (κ3) is 3.85. The van der Waals surface area contributed by atoms with Crippen molar-refractivity contribution < 1.29 is 4.84 Å². The van der Waals surface area contributed by atoms with Gasteiger partial charge in [-0.05, 0) is 39.8 Å². The van der Waals surface area contributed by atoms with Crippen LogP contribution in [0.5, 0.6) is 0 Å². The Morgan fingerprint density at radius 2 is 2.07 bits per heavy atom. The molecule has 1 unspecified atom stereocenters. The predicted octanol–water partition coefficient (Wildman–Crippen LogP) is 2.46. The van der Waals surface area contributed by atoms with Gasteiger partial charge >= 0.3 is 0 Å². The van der Waals surface area contributed by atoms with Crippen LogP contribution in [-0.4, -0.2) is 10.6 Å². The quantitative estimate of drug-likeness (QED) is 0.750. The number of nitrogens with zero attached hydrogens (tertiary/aromatic N) is 1. The first-order chi connectivity index (χ1) is 6.49. The van der Waals surface area contributed by atoms with Gasteiger partial charge in [0.15, 0.2) is 0 Å². The summed E-state index contributed by atoms with van der Waals surface area (Å²) in [5, 5.41) is 0. The van der Waals surface area contributed by atoms with Crippen LogP contribution in [0.25, 0.3) is 0 Å². The highest BCUT2D eigenvalue weighted by Crippen LogP contribution is 2.11. The Bertz CT molecular complexity index is 266. The molecule has 0 fully saturated rings. The van der Waals surface area contributed by atoms with E-state index in [4.69, 9.17) is 4.84 Å². The van der Waals surface area contributed by atoms with Crippen molar-refractivity contribution in [1.29, 1.82) is 0 Å². The van der Waals surface area contributed by atoms with Crippen molar-refractivity contribution in [2.45, 2.75) is 39.3 Å². The molecule has 1 heterocycles. The van der Waals surface area contributed by atoms with E-state index in [0.717, 1.165) is 5.69 Å². The molecule has 0 saturated carbocycles. The zero-order chi connectivity index (χ0) is 10.6. The molecule has 1 N–H and O–H groups in total. The summed E-state index contributed by atoms with van der Waals surface area (Å²) in [4.78, 5) is 9.69. The molecule has 0 aliphatic rings. The van der Waals surface area contributed by atoms with Crippen LogP contribution in [0.15, 0.2) is 24.4 Å². The number of hydrogen-bond donors (Lipinski definition) is 1. The number of nitrogens with one attached hydrogen (secondary N) is 1. The molecule has 0 saturated heterocycles. The largest absolute Gasteiger partial charge is 0.295 e. The lowest BCUT2D eigenvalue weighted by Gasteiger charge is -2.22. The van der Waals surface area contributed by atoms with Crippen LogP contribution in [0.3, 0.4) is 0 Å². The smallest absolute Gasteiger partial charge is 0.0813 e. The molecule has 0 aliphatic heterocycles. The molecule has 78 valence electrons. The van der Waals surface area contributed by atoms with Gasteiger partial charge in [-0.15, -0.1) is 0 Å². The molecule has 0 bridgehead atoms. The van der Waals surface area contributed by atoms with Gasteiger partial charge in [-0.2, -0.15) is 5.48 Å². The zero-order valence-corrected chi connectivity index (χ0v) is 9.24. The molecule has 0 aromatic carbocycles. The van der Waals surface area contributed by atoms with Crippen LogP contribution in [-0.2, 0) is 4.84 Å². The maximum Gasteiger partial charge on any atom is 0.0813 e. The van der Waals surface area contributed by atoms with E-state index in [1.807, 2.05) is 45.9 Å². The SMILES string of the molecule is CC(NOC(C)(C)C)c1ccccn1. The Kier molecular flexibility index (Phi) is 3.61. The molecule has 1 rings (SSSR count). The maximum atomic E-state index is 5.46. The number of rotatable bonds is 3. The average molecular weight is 194 g/mol. The van der Waals surface area contributed by atoms with Crippen molar-refractivity contribution in [1.82, 2.24) is 10.5 Å². The van der Waals surface area contributed by atoms with Gasteiger partial charge in [0, 0.05) is 6.20 Å². The monoisotopic (exact) mass is 194 g/mol. The maximum absolute atomic E-state index is 5.46. The van der Waals surface area contributed by atoms with Crippen LogP contribution in [0.1, 0.15) is 39.4 Å². The highest BCUT2D eigenvalue weighted by atomic mass is 16.7. The second-order valence-electron chi connectivity index (χ2n) is 4.31. The molecule has 0 radical (unpaired) electrons. The number of hydroxylamine groups is 1. The summed E-state index contributed by atoms with van der Waals surface area (Å²) >= 11 is 0. The molecular formula is C11H18N2O. The molecule has 1 aromatic heterocycles. The highest BCUT2D eigenvalue weighted by Gasteiger charge is 2.13. The fourth-order valence-electron chi connectivity index (χ4n) is 0.958. The van der Waals surface area contributed by atoms with Gasteiger partial charge in [-0.1, -0.05) is 6.07 Å². The average Bonchev–Trinajstić information content (AvgIpc) is 2.14. The van der Waals surface area contributed by atoms with Crippen molar-refractivity contribution in [2.75, 3.05) is 0 Å². The first-order valence-corrected chi connectivity index (χ1v) is 4.83. The molecular weight excluding hydrogens is 176 g/mol. The van der Waals surface area contributed by atoms with Crippen LogP contribution in [0.4, 0.5) is 0 Å². The van der Waals surface area contributed by atoms with Crippen molar-refractivity contribution in [3.63, 3.8) is 0 Å². The summed E-state index contributed by atoms with van der Waals surface area (Å²) in [6, 6.07) is 5.96. The van der Waals surface area contributed by atoms with E-state index in [1.165, 1.54) is 0 Å². The summed E-state index contributed by atoms with van der Waals surface area (Å²) in [5.41, 5.74) is 3.78. The Balaban J connectivity index is 2.48. The van der Waals surface area contributed by atoms with Gasteiger partial charge in [0.1, 0.15) is 0 Å². The number of aromatic nitrogens is 1. The van der Waals surface area contributed by atoms with Crippen LogP contribution < -0.4 is 5.48 Å². The van der Waals surface area contributed by atoms with E-state index in [-0.39, 0.29) is 11.6 Å². The van der Waals surface area contributed by atoms with Gasteiger partial charge in [0.2, 0.25) is 0 Å². The number of hydrogen-bond acceptors (Lipinski definition) is 3. The van der Waals surface area contributed by atoms with E-state index in [2.05, 4.69) is 10.5 Å². The lowest BCUT2D eigenvalue weighted by atomic mass is 10.2. The van der Waals surface area contributed by atoms with Crippen molar-refractivity contribution in [3.8, 4) is 0 Å². The van der Waals surface area contributed by atoms with Crippen LogP contribution >= 0.6 is 0 Å². The molecule has 1 aromatic rings. The zero-order valence-electron chi connectivity index (χ0n) is 9.24. The summed E-state index contributed by atoms with van der Waals surface area (Å²) < 4.78 is 0. The van der Waals surface area contributed by atoms with Crippen LogP contribution in [0.2, 0.25) is 0 Å². The van der Waals surface area contributed by atoms with E-state index >= 15 is 0 Å². The standard InChI is InChI=1S/C11H18N2O/c1-9(13-14-11(2,3)4)10-7-5-6-8-12-10/h5-9,13H,1-4H3. The topological polar surface area (TPSA) is 34.1 Å². The normalized spacial score (nSPS) is 14.0. The van der Waals surface area contributed by atoms with Crippen molar-refractivity contribution >= 4 is 0 Å². The fourth-order valence-corrected chi connectivity index (χ4v) is 0.958. The van der Waals surface area contributed by atoms with Gasteiger partial charge in [-0.3, -0.25) is 9.82 Å². The van der Waals surface area contributed by atoms with E-state index < -0.39 is 0 Å². The summed E-state index contributed by atoms with van der Waals surface area (Å²) in [5.74, 6) is 0. The Labute approximate surface area is 85.5 Å². The molecule has 14 heavy (non-hydrogen) atoms. The predicted molar refractivity (Wildman–Crippen MR) is 56.6 cm³/mol. The lowest BCUT2D eigenvalue weighted by molar-refractivity contribution is -0.0871. The first-order valence-electron chi connectivity index (χ1n) is 4.83. The minimum absolute atomic E-state index is 0.107. The summed E-state index contributed by atoms with van der Waals surface area (Å²) in [7, 11) is 0. The van der Waals surface area contributed by atoms with Gasteiger partial charge in [-0.25, -0.2) is 0 Å². The molecule has 3 nitrogen and oxygen atoms in total. The third-order valence-corrected chi connectivity index (χ3v) is 1.67. The molecule has 0 aliphatic carbocycles. The molecule has 0 amide bonds. The van der Waals surface area contributed by atoms with Gasteiger partial charge in [0.25, 0.3) is 0 Å². The van der Waals surface area contributed by atoms with E-state index in [9.17, 15) is 0 Å². The third-order valence-electron chi connectivity index (χ3n) is 1.67. The molecule has 1 atom stereocenters. The van der Waals surface area contributed by atoms with Crippen molar-refractivity contribution in [2.24, 2.45) is 0 Å². The summed E-state index contributed by atoms with van der Waals surface area (Å²) in [6.07, 6.45) is 1.78. The highest BCUT2D eigenvalue weighted by molar-refractivity contribution is 5.06. The Morgan fingerprint density at radius 3 is 2.57 bits per heavy atom.